The van der Waals surface area contributed by atoms with E-state index in [0.29, 0.717) is 28.8 Å². The van der Waals surface area contributed by atoms with Gasteiger partial charge in [-0.05, 0) is 18.2 Å². The van der Waals surface area contributed by atoms with Crippen molar-refractivity contribution >= 4 is 29.1 Å². The van der Waals surface area contributed by atoms with Crippen LogP contribution in [0.1, 0.15) is 12.8 Å². The van der Waals surface area contributed by atoms with Crippen LogP contribution in [0.5, 0.6) is 5.75 Å². The van der Waals surface area contributed by atoms with Crippen LogP contribution in [0.2, 0.25) is 10.0 Å². The Morgan fingerprint density at radius 1 is 1.47 bits per heavy atom. The molecular weight excluding hydrogens is 287 g/mol. The molecule has 6 heteroatoms. The lowest BCUT2D eigenvalue weighted by Crippen LogP contribution is -2.28. The van der Waals surface area contributed by atoms with Gasteiger partial charge in [-0.2, -0.15) is 5.26 Å². The first kappa shape index (κ1) is 15.6. The van der Waals surface area contributed by atoms with E-state index in [2.05, 4.69) is 0 Å². The first-order valence-electron chi connectivity index (χ1n) is 5.73. The van der Waals surface area contributed by atoms with Crippen LogP contribution >= 0.6 is 23.2 Å². The number of nitrogens with zero attached hydrogens (tertiary/aromatic N) is 2. The van der Waals surface area contributed by atoms with Gasteiger partial charge in [-0.25, -0.2) is 0 Å². The Morgan fingerprint density at radius 2 is 2.21 bits per heavy atom. The Labute approximate surface area is 122 Å². The molecule has 0 unspecified atom stereocenters. The highest BCUT2D eigenvalue weighted by Crippen LogP contribution is 2.27. The average Bonchev–Trinajstić information content (AvgIpc) is 2.38. The minimum Gasteiger partial charge on any atom is -0.491 e. The largest absolute Gasteiger partial charge is 0.491 e. The maximum atomic E-state index is 11.7. The van der Waals surface area contributed by atoms with Gasteiger partial charge < -0.3 is 9.64 Å². The first-order valence-corrected chi connectivity index (χ1v) is 6.49. The van der Waals surface area contributed by atoms with Crippen LogP contribution < -0.4 is 4.74 Å². The van der Waals surface area contributed by atoms with E-state index in [1.54, 1.807) is 25.2 Å². The number of carbonyl (C=O) groups is 1. The molecule has 0 saturated carbocycles. The van der Waals surface area contributed by atoms with Gasteiger partial charge in [0.2, 0.25) is 5.91 Å². The number of rotatable bonds is 6. The van der Waals surface area contributed by atoms with Gasteiger partial charge in [-0.1, -0.05) is 23.2 Å². The van der Waals surface area contributed by atoms with Crippen molar-refractivity contribution in [3.63, 3.8) is 0 Å². The van der Waals surface area contributed by atoms with Gasteiger partial charge in [0.25, 0.3) is 0 Å². The van der Waals surface area contributed by atoms with E-state index in [1.807, 2.05) is 6.07 Å². The van der Waals surface area contributed by atoms with Crippen LogP contribution in [0.4, 0.5) is 0 Å². The summed E-state index contributed by atoms with van der Waals surface area (Å²) >= 11 is 11.7. The zero-order valence-corrected chi connectivity index (χ0v) is 12.0. The van der Waals surface area contributed by atoms with Crippen molar-refractivity contribution in [2.24, 2.45) is 0 Å². The molecule has 0 aliphatic rings. The molecule has 1 amide bonds. The third-order valence-electron chi connectivity index (χ3n) is 2.45. The van der Waals surface area contributed by atoms with Gasteiger partial charge in [0.1, 0.15) is 5.75 Å². The summed E-state index contributed by atoms with van der Waals surface area (Å²) in [6.07, 6.45) is 0.562. The fraction of sp³-hybridized carbons (Fsp3) is 0.385. The van der Waals surface area contributed by atoms with Crippen LogP contribution in [-0.2, 0) is 4.79 Å². The van der Waals surface area contributed by atoms with Gasteiger partial charge in [0, 0.05) is 18.6 Å². The second kappa shape index (κ2) is 7.88. The normalized spacial score (nSPS) is 9.79. The lowest BCUT2D eigenvalue weighted by molar-refractivity contribution is -0.130. The molecule has 1 rings (SSSR count). The van der Waals surface area contributed by atoms with E-state index in [1.165, 1.54) is 4.90 Å². The van der Waals surface area contributed by atoms with Gasteiger partial charge >= 0.3 is 0 Å². The Kier molecular flexibility index (Phi) is 6.48. The van der Waals surface area contributed by atoms with E-state index >= 15 is 0 Å². The number of nitriles is 1. The summed E-state index contributed by atoms with van der Waals surface area (Å²) in [4.78, 5) is 13.2. The van der Waals surface area contributed by atoms with Crippen molar-refractivity contribution in [3.05, 3.63) is 28.2 Å². The maximum absolute atomic E-state index is 11.7. The van der Waals surface area contributed by atoms with Crippen LogP contribution in [0.25, 0.3) is 0 Å². The molecule has 1 aromatic carbocycles. The van der Waals surface area contributed by atoms with Crippen molar-refractivity contribution < 1.29 is 9.53 Å². The molecule has 0 aliphatic carbocycles. The summed E-state index contributed by atoms with van der Waals surface area (Å²) in [5.41, 5.74) is 0. The van der Waals surface area contributed by atoms with Gasteiger partial charge in [0.15, 0.2) is 0 Å². The number of benzene rings is 1. The van der Waals surface area contributed by atoms with Crippen molar-refractivity contribution in [3.8, 4) is 11.8 Å². The number of hydrogen-bond donors (Lipinski definition) is 0. The lowest BCUT2D eigenvalue weighted by Gasteiger charge is -2.15. The van der Waals surface area contributed by atoms with Crippen LogP contribution in [0.15, 0.2) is 18.2 Å². The molecule has 0 heterocycles. The van der Waals surface area contributed by atoms with Crippen LogP contribution in [0.3, 0.4) is 0 Å². The summed E-state index contributed by atoms with van der Waals surface area (Å²) in [6.45, 7) is 0.661. The molecule has 0 atom stereocenters. The first-order chi connectivity index (χ1) is 9.04. The Hall–Kier alpha value is -1.44. The second-order valence-electron chi connectivity index (χ2n) is 3.90. The Morgan fingerprint density at radius 3 is 2.84 bits per heavy atom. The molecule has 0 saturated heterocycles. The Balaban J connectivity index is 2.38. The molecule has 0 aromatic heterocycles. The fourth-order valence-electron chi connectivity index (χ4n) is 1.37. The zero-order valence-electron chi connectivity index (χ0n) is 10.5. The molecule has 0 N–H and O–H groups in total. The maximum Gasteiger partial charge on any atom is 0.225 e. The smallest absolute Gasteiger partial charge is 0.225 e. The van der Waals surface area contributed by atoms with E-state index in [0.717, 1.165) is 0 Å². The summed E-state index contributed by atoms with van der Waals surface area (Å²) < 4.78 is 5.41. The van der Waals surface area contributed by atoms with Gasteiger partial charge in [-0.3, -0.25) is 4.79 Å². The van der Waals surface area contributed by atoms with Crippen molar-refractivity contribution in [2.45, 2.75) is 12.8 Å². The summed E-state index contributed by atoms with van der Waals surface area (Å²) in [5, 5.41) is 9.38. The lowest BCUT2D eigenvalue weighted by atomic mass is 10.3. The number of ether oxygens (including phenoxy) is 1. The molecular formula is C13H14Cl2N2O2. The Bertz CT molecular complexity index is 486. The highest BCUT2D eigenvalue weighted by atomic mass is 35.5. The quantitative estimate of drug-likeness (QED) is 0.811. The number of hydrogen-bond acceptors (Lipinski definition) is 3. The zero-order chi connectivity index (χ0) is 14.3. The minimum absolute atomic E-state index is 0.0691. The van der Waals surface area contributed by atoms with Crippen molar-refractivity contribution in [1.29, 1.82) is 5.26 Å². The van der Waals surface area contributed by atoms with E-state index in [-0.39, 0.29) is 18.9 Å². The SMILES string of the molecule is CN(CCC#N)C(=O)CCOc1ccc(Cl)cc1Cl. The number of amides is 1. The van der Waals surface area contributed by atoms with E-state index in [9.17, 15) is 4.79 Å². The molecule has 0 radical (unpaired) electrons. The second-order valence-corrected chi connectivity index (χ2v) is 4.74. The third-order valence-corrected chi connectivity index (χ3v) is 2.98. The monoisotopic (exact) mass is 300 g/mol. The molecule has 0 spiro atoms. The molecule has 102 valence electrons. The van der Waals surface area contributed by atoms with Gasteiger partial charge in [0.05, 0.1) is 30.5 Å². The predicted octanol–water partition coefficient (Wildman–Crippen LogP) is 3.13. The molecule has 1 aromatic rings. The standard InChI is InChI=1S/C13H14Cl2N2O2/c1-17(7-2-6-16)13(18)5-8-19-12-4-3-10(14)9-11(12)15/h3-4,9H,2,5,7-8H2,1H3. The van der Waals surface area contributed by atoms with E-state index in [4.69, 9.17) is 33.2 Å². The number of carbonyl (C=O) groups excluding carboxylic acids is 1. The highest BCUT2D eigenvalue weighted by molar-refractivity contribution is 6.35. The minimum atomic E-state index is -0.0691. The van der Waals surface area contributed by atoms with Gasteiger partial charge in [-0.15, -0.1) is 0 Å². The summed E-state index contributed by atoms with van der Waals surface area (Å²) in [6, 6.07) is 6.91. The number of halogens is 2. The molecule has 0 fully saturated rings. The third kappa shape index (κ3) is 5.37. The molecule has 0 aliphatic heterocycles. The van der Waals surface area contributed by atoms with E-state index < -0.39 is 0 Å². The summed E-state index contributed by atoms with van der Waals surface area (Å²) in [5.74, 6) is 0.430. The molecule has 4 nitrogen and oxygen atoms in total. The van der Waals surface area contributed by atoms with Crippen LogP contribution in [-0.4, -0.2) is 31.0 Å². The fourth-order valence-corrected chi connectivity index (χ4v) is 1.84. The predicted molar refractivity (Wildman–Crippen MR) is 74.4 cm³/mol. The van der Waals surface area contributed by atoms with Crippen LogP contribution in [0, 0.1) is 11.3 Å². The average molecular weight is 301 g/mol. The van der Waals surface area contributed by atoms with Crippen molar-refractivity contribution in [1.82, 2.24) is 4.90 Å². The summed E-state index contributed by atoms with van der Waals surface area (Å²) in [7, 11) is 1.66. The van der Waals surface area contributed by atoms with Crippen molar-refractivity contribution in [2.75, 3.05) is 20.2 Å². The topological polar surface area (TPSA) is 53.3 Å². The molecule has 0 bridgehead atoms. The highest BCUT2D eigenvalue weighted by Gasteiger charge is 2.09. The molecule has 19 heavy (non-hydrogen) atoms.